The van der Waals surface area contributed by atoms with Crippen molar-refractivity contribution in [2.24, 2.45) is 5.92 Å². The molecule has 0 aliphatic rings. The summed E-state index contributed by atoms with van der Waals surface area (Å²) in [5.41, 5.74) is 0.144. The lowest BCUT2D eigenvalue weighted by atomic mass is 10.1. The lowest BCUT2D eigenvalue weighted by Gasteiger charge is -2.14. The first-order valence-corrected chi connectivity index (χ1v) is 7.89. The van der Waals surface area contributed by atoms with Crippen molar-refractivity contribution in [3.63, 3.8) is 0 Å². The van der Waals surface area contributed by atoms with Crippen molar-refractivity contribution in [3.05, 3.63) is 34.1 Å². The van der Waals surface area contributed by atoms with E-state index in [-0.39, 0.29) is 5.56 Å². The van der Waals surface area contributed by atoms with Crippen molar-refractivity contribution in [1.29, 1.82) is 0 Å². The minimum atomic E-state index is 0.144. The van der Waals surface area contributed by atoms with Gasteiger partial charge in [-0.15, -0.1) is 11.3 Å². The van der Waals surface area contributed by atoms with Gasteiger partial charge in [-0.2, -0.15) is 0 Å². The Labute approximate surface area is 113 Å². The van der Waals surface area contributed by atoms with Gasteiger partial charge in [0.2, 0.25) is 0 Å². The Morgan fingerprint density at radius 3 is 3.00 bits per heavy atom. The van der Waals surface area contributed by atoms with Gasteiger partial charge in [0.1, 0.15) is 0 Å². The van der Waals surface area contributed by atoms with Crippen LogP contribution in [-0.4, -0.2) is 9.90 Å². The summed E-state index contributed by atoms with van der Waals surface area (Å²) in [5.74, 6) is 0.536. The topological polar surface area (TPSA) is 22.0 Å². The van der Waals surface area contributed by atoms with Gasteiger partial charge >= 0.3 is 0 Å². The maximum absolute atomic E-state index is 12.2. The average Bonchev–Trinajstić information content (AvgIpc) is 2.80. The van der Waals surface area contributed by atoms with Crippen molar-refractivity contribution in [1.82, 2.24) is 4.57 Å². The van der Waals surface area contributed by atoms with E-state index in [1.807, 2.05) is 28.3 Å². The van der Waals surface area contributed by atoms with Gasteiger partial charge in [-0.3, -0.25) is 4.79 Å². The highest BCUT2D eigenvalue weighted by Gasteiger charge is 2.09. The molecule has 17 heavy (non-hydrogen) atoms. The second-order valence-corrected chi connectivity index (χ2v) is 5.88. The van der Waals surface area contributed by atoms with Crippen molar-refractivity contribution < 1.29 is 0 Å². The Morgan fingerprint density at radius 2 is 2.29 bits per heavy atom. The molecule has 2 aromatic heterocycles. The highest BCUT2D eigenvalue weighted by Crippen LogP contribution is 2.17. The van der Waals surface area contributed by atoms with Gasteiger partial charge < -0.3 is 4.57 Å². The number of alkyl halides is 1. The van der Waals surface area contributed by atoms with Gasteiger partial charge in [-0.1, -0.05) is 29.3 Å². The van der Waals surface area contributed by atoms with Crippen molar-refractivity contribution in [2.45, 2.75) is 26.3 Å². The molecule has 2 nitrogen and oxygen atoms in total. The van der Waals surface area contributed by atoms with Gasteiger partial charge in [0.15, 0.2) is 0 Å². The molecule has 0 bridgehead atoms. The van der Waals surface area contributed by atoms with Crippen LogP contribution in [0.1, 0.15) is 19.8 Å². The fraction of sp³-hybridized carbons (Fsp3) is 0.462. The number of fused-ring (bicyclic) bond motifs is 1. The fourth-order valence-electron chi connectivity index (χ4n) is 2.05. The summed E-state index contributed by atoms with van der Waals surface area (Å²) < 4.78 is 2.92. The SMILES string of the molecule is CCCC(CBr)Cn1ccc2sccc2c1=O. The van der Waals surface area contributed by atoms with Gasteiger partial charge in [-0.05, 0) is 29.9 Å². The Hall–Kier alpha value is -0.610. The van der Waals surface area contributed by atoms with Crippen molar-refractivity contribution in [3.8, 4) is 0 Å². The first-order valence-electron chi connectivity index (χ1n) is 5.89. The van der Waals surface area contributed by atoms with Crippen LogP contribution < -0.4 is 5.56 Å². The highest BCUT2D eigenvalue weighted by atomic mass is 79.9. The van der Waals surface area contributed by atoms with Gasteiger partial charge in [0, 0.05) is 22.8 Å². The van der Waals surface area contributed by atoms with Crippen LogP contribution in [0.15, 0.2) is 28.5 Å². The third-order valence-corrected chi connectivity index (χ3v) is 4.76. The Morgan fingerprint density at radius 1 is 1.47 bits per heavy atom. The molecule has 2 aromatic rings. The molecule has 0 aliphatic heterocycles. The molecule has 4 heteroatoms. The fourth-order valence-corrected chi connectivity index (χ4v) is 3.36. The van der Waals surface area contributed by atoms with Crippen LogP contribution in [0.2, 0.25) is 0 Å². The van der Waals surface area contributed by atoms with E-state index in [9.17, 15) is 4.79 Å². The van der Waals surface area contributed by atoms with Crippen LogP contribution in [0.25, 0.3) is 10.1 Å². The van der Waals surface area contributed by atoms with E-state index in [0.29, 0.717) is 5.92 Å². The van der Waals surface area contributed by atoms with E-state index in [1.54, 1.807) is 11.3 Å². The number of aromatic nitrogens is 1. The molecule has 0 N–H and O–H groups in total. The zero-order chi connectivity index (χ0) is 12.3. The monoisotopic (exact) mass is 313 g/mol. The number of halogens is 1. The predicted molar refractivity (Wildman–Crippen MR) is 78.3 cm³/mol. The van der Waals surface area contributed by atoms with Crippen LogP contribution in [0.5, 0.6) is 0 Å². The first-order chi connectivity index (χ1) is 8.26. The zero-order valence-electron chi connectivity index (χ0n) is 9.86. The second-order valence-electron chi connectivity index (χ2n) is 4.28. The standard InChI is InChI=1S/C13H16BrNOS/c1-2-3-10(8-14)9-15-6-4-12-11(13(15)16)5-7-17-12/h4-7,10H,2-3,8-9H2,1H3. The molecule has 0 saturated carbocycles. The molecule has 1 unspecified atom stereocenters. The summed E-state index contributed by atoms with van der Waals surface area (Å²) in [6.45, 7) is 2.99. The van der Waals surface area contributed by atoms with E-state index in [4.69, 9.17) is 0 Å². The maximum Gasteiger partial charge on any atom is 0.259 e. The Kier molecular flexibility index (Phi) is 4.40. The third-order valence-electron chi connectivity index (χ3n) is 2.96. The maximum atomic E-state index is 12.2. The number of hydrogen-bond acceptors (Lipinski definition) is 2. The van der Waals surface area contributed by atoms with E-state index in [0.717, 1.165) is 34.8 Å². The van der Waals surface area contributed by atoms with E-state index < -0.39 is 0 Å². The molecule has 0 saturated heterocycles. The molecular formula is C13H16BrNOS. The molecule has 92 valence electrons. The number of thiophene rings is 1. The molecule has 2 rings (SSSR count). The molecule has 0 amide bonds. The van der Waals surface area contributed by atoms with Gasteiger partial charge in [0.05, 0.1) is 5.39 Å². The van der Waals surface area contributed by atoms with Crippen LogP contribution in [0.4, 0.5) is 0 Å². The third kappa shape index (κ3) is 2.80. The molecule has 0 fully saturated rings. The van der Waals surface area contributed by atoms with Crippen LogP contribution in [0, 0.1) is 5.92 Å². The lowest BCUT2D eigenvalue weighted by molar-refractivity contribution is 0.449. The second kappa shape index (κ2) is 5.83. The number of nitrogens with zero attached hydrogens (tertiary/aromatic N) is 1. The molecule has 0 spiro atoms. The predicted octanol–water partition coefficient (Wildman–Crippen LogP) is 3.87. The van der Waals surface area contributed by atoms with Gasteiger partial charge in [0.25, 0.3) is 5.56 Å². The van der Waals surface area contributed by atoms with Crippen molar-refractivity contribution in [2.75, 3.05) is 5.33 Å². The smallest absolute Gasteiger partial charge is 0.259 e. The van der Waals surface area contributed by atoms with Crippen LogP contribution in [0.3, 0.4) is 0 Å². The molecule has 0 aliphatic carbocycles. The number of pyridine rings is 1. The zero-order valence-corrected chi connectivity index (χ0v) is 12.3. The van der Waals surface area contributed by atoms with E-state index in [1.165, 1.54) is 0 Å². The molecule has 1 atom stereocenters. The van der Waals surface area contributed by atoms with Gasteiger partial charge in [-0.25, -0.2) is 0 Å². The summed E-state index contributed by atoms with van der Waals surface area (Å²) in [6, 6.07) is 3.96. The lowest BCUT2D eigenvalue weighted by Crippen LogP contribution is -2.23. The molecule has 2 heterocycles. The Balaban J connectivity index is 2.29. The summed E-state index contributed by atoms with van der Waals surface area (Å²) in [5, 5.41) is 3.78. The molecule has 0 aromatic carbocycles. The quantitative estimate of drug-likeness (QED) is 0.768. The summed E-state index contributed by atoms with van der Waals surface area (Å²) >= 11 is 5.15. The van der Waals surface area contributed by atoms with E-state index in [2.05, 4.69) is 22.9 Å². The summed E-state index contributed by atoms with van der Waals surface area (Å²) in [7, 11) is 0. The first kappa shape index (κ1) is 12.8. The average molecular weight is 314 g/mol. The largest absolute Gasteiger partial charge is 0.315 e. The van der Waals surface area contributed by atoms with Crippen LogP contribution >= 0.6 is 27.3 Å². The number of rotatable bonds is 5. The molecular weight excluding hydrogens is 298 g/mol. The number of hydrogen-bond donors (Lipinski definition) is 0. The summed E-state index contributed by atoms with van der Waals surface area (Å²) in [6.07, 6.45) is 4.23. The van der Waals surface area contributed by atoms with Crippen molar-refractivity contribution >= 4 is 37.4 Å². The highest BCUT2D eigenvalue weighted by molar-refractivity contribution is 9.09. The van der Waals surface area contributed by atoms with Crippen LogP contribution in [-0.2, 0) is 6.54 Å². The Bertz CT molecular complexity index is 546. The minimum absolute atomic E-state index is 0.144. The summed E-state index contributed by atoms with van der Waals surface area (Å²) in [4.78, 5) is 12.2. The molecule has 0 radical (unpaired) electrons. The van der Waals surface area contributed by atoms with E-state index >= 15 is 0 Å². The normalized spacial score (nSPS) is 13.1. The minimum Gasteiger partial charge on any atom is -0.315 e.